The number of aliphatic hydroxyl groups excluding tert-OH is 1. The van der Waals surface area contributed by atoms with Crippen molar-refractivity contribution in [1.82, 2.24) is 4.90 Å². The smallest absolute Gasteiger partial charge is 0.119 e. The number of ether oxygens (including phenoxy) is 1. The summed E-state index contributed by atoms with van der Waals surface area (Å²) in [5.41, 5.74) is 1.31. The Bertz CT molecular complexity index is 390. The predicted octanol–water partition coefficient (Wildman–Crippen LogP) is 2.86. The largest absolute Gasteiger partial charge is 0.491 e. The van der Waals surface area contributed by atoms with E-state index in [0.29, 0.717) is 19.2 Å². The van der Waals surface area contributed by atoms with Crippen LogP contribution >= 0.6 is 0 Å². The molecular weight excluding hydrogens is 250 g/mol. The first kappa shape index (κ1) is 15.3. The van der Waals surface area contributed by atoms with E-state index in [1.54, 1.807) is 0 Å². The molecular formula is C17H27NO2. The monoisotopic (exact) mass is 277 g/mol. The maximum Gasteiger partial charge on any atom is 0.119 e. The third kappa shape index (κ3) is 4.50. The molecule has 1 aliphatic rings. The van der Waals surface area contributed by atoms with Gasteiger partial charge in [-0.25, -0.2) is 0 Å². The lowest BCUT2D eigenvalue weighted by Gasteiger charge is -2.34. The highest BCUT2D eigenvalue weighted by Gasteiger charge is 2.20. The lowest BCUT2D eigenvalue weighted by molar-refractivity contribution is 0.0438. The minimum atomic E-state index is -0.415. The van der Waals surface area contributed by atoms with Crippen LogP contribution in [-0.4, -0.2) is 41.8 Å². The first-order valence-corrected chi connectivity index (χ1v) is 7.83. The predicted molar refractivity (Wildman–Crippen MR) is 82.2 cm³/mol. The summed E-state index contributed by atoms with van der Waals surface area (Å²) in [7, 11) is 0. The van der Waals surface area contributed by atoms with Crippen LogP contribution in [0.5, 0.6) is 5.75 Å². The minimum Gasteiger partial charge on any atom is -0.491 e. The molecule has 0 aliphatic carbocycles. The molecule has 20 heavy (non-hydrogen) atoms. The van der Waals surface area contributed by atoms with E-state index in [9.17, 15) is 5.11 Å². The van der Waals surface area contributed by atoms with Crippen LogP contribution in [0.25, 0.3) is 0 Å². The Morgan fingerprint density at radius 1 is 1.30 bits per heavy atom. The highest BCUT2D eigenvalue weighted by atomic mass is 16.5. The molecule has 112 valence electrons. The number of aliphatic hydroxyl groups is 1. The van der Waals surface area contributed by atoms with Gasteiger partial charge in [-0.2, -0.15) is 0 Å². The Balaban J connectivity index is 1.74. The molecule has 0 radical (unpaired) electrons. The zero-order chi connectivity index (χ0) is 14.4. The van der Waals surface area contributed by atoms with Crippen molar-refractivity contribution < 1.29 is 9.84 Å². The number of hydrogen-bond donors (Lipinski definition) is 1. The van der Waals surface area contributed by atoms with Crippen molar-refractivity contribution in [3.05, 3.63) is 29.8 Å². The van der Waals surface area contributed by atoms with Crippen molar-refractivity contribution in [3.63, 3.8) is 0 Å². The number of benzene rings is 1. The van der Waals surface area contributed by atoms with Crippen LogP contribution in [0.15, 0.2) is 24.3 Å². The van der Waals surface area contributed by atoms with E-state index < -0.39 is 6.10 Å². The van der Waals surface area contributed by atoms with Gasteiger partial charge in [0.15, 0.2) is 0 Å². The molecule has 0 unspecified atom stereocenters. The number of piperidine rings is 1. The van der Waals surface area contributed by atoms with Crippen molar-refractivity contribution in [1.29, 1.82) is 0 Å². The Morgan fingerprint density at radius 2 is 2.05 bits per heavy atom. The average molecular weight is 277 g/mol. The molecule has 1 aliphatic heterocycles. The Kier molecular flexibility index (Phi) is 5.86. The maximum atomic E-state index is 10.1. The van der Waals surface area contributed by atoms with Crippen molar-refractivity contribution in [3.8, 4) is 5.75 Å². The highest BCUT2D eigenvalue weighted by Crippen LogP contribution is 2.17. The van der Waals surface area contributed by atoms with Crippen molar-refractivity contribution in [2.75, 3.05) is 19.7 Å². The molecule has 0 amide bonds. The van der Waals surface area contributed by atoms with Crippen LogP contribution in [0.1, 0.15) is 38.7 Å². The molecule has 0 spiro atoms. The Hall–Kier alpha value is -1.06. The van der Waals surface area contributed by atoms with Crippen LogP contribution in [-0.2, 0) is 6.42 Å². The summed E-state index contributed by atoms with van der Waals surface area (Å²) in [4.78, 5) is 2.37. The van der Waals surface area contributed by atoms with Gasteiger partial charge in [-0.05, 0) is 50.4 Å². The molecule has 1 fully saturated rings. The second-order valence-electron chi connectivity index (χ2n) is 5.80. The van der Waals surface area contributed by atoms with Crippen LogP contribution in [0.2, 0.25) is 0 Å². The first-order valence-electron chi connectivity index (χ1n) is 7.83. The number of likely N-dealkylation sites (tertiary alicyclic amines) is 1. The van der Waals surface area contributed by atoms with E-state index in [1.807, 2.05) is 12.1 Å². The molecule has 1 aromatic carbocycles. The molecule has 1 aromatic rings. The van der Waals surface area contributed by atoms with Gasteiger partial charge in [-0.3, -0.25) is 4.90 Å². The number of aryl methyl sites for hydroxylation is 1. The molecule has 1 N–H and O–H groups in total. The number of rotatable bonds is 6. The zero-order valence-corrected chi connectivity index (χ0v) is 12.7. The Labute approximate surface area is 122 Å². The van der Waals surface area contributed by atoms with Crippen LogP contribution in [0.3, 0.4) is 0 Å². The molecule has 2 rings (SSSR count). The zero-order valence-electron chi connectivity index (χ0n) is 12.7. The van der Waals surface area contributed by atoms with Crippen LogP contribution in [0, 0.1) is 0 Å². The number of hydrogen-bond acceptors (Lipinski definition) is 3. The fourth-order valence-electron chi connectivity index (χ4n) is 2.77. The molecule has 0 saturated carbocycles. The van der Waals surface area contributed by atoms with Gasteiger partial charge in [0.2, 0.25) is 0 Å². The van der Waals surface area contributed by atoms with Gasteiger partial charge in [0, 0.05) is 12.6 Å². The topological polar surface area (TPSA) is 32.7 Å². The summed E-state index contributed by atoms with van der Waals surface area (Å²) < 4.78 is 5.67. The number of nitrogens with zero attached hydrogens (tertiary/aromatic N) is 1. The SMILES string of the molecule is CCc1ccc(OC[C@H](O)CN2CCCC[C@@H]2C)cc1. The van der Waals surface area contributed by atoms with Crippen molar-refractivity contribution in [2.45, 2.75) is 51.7 Å². The van der Waals surface area contributed by atoms with Gasteiger partial charge in [0.1, 0.15) is 18.5 Å². The summed E-state index contributed by atoms with van der Waals surface area (Å²) in [5.74, 6) is 0.841. The average Bonchev–Trinajstić information content (AvgIpc) is 2.48. The highest BCUT2D eigenvalue weighted by molar-refractivity contribution is 5.27. The standard InChI is InChI=1S/C17H27NO2/c1-3-15-7-9-17(10-8-15)20-13-16(19)12-18-11-5-4-6-14(18)2/h7-10,14,16,19H,3-6,11-13H2,1-2H3/t14-,16+/m0/s1. The van der Waals surface area contributed by atoms with Gasteiger partial charge in [-0.1, -0.05) is 25.5 Å². The van der Waals surface area contributed by atoms with Gasteiger partial charge in [0.05, 0.1) is 0 Å². The quantitative estimate of drug-likeness (QED) is 0.868. The fourth-order valence-corrected chi connectivity index (χ4v) is 2.77. The van der Waals surface area contributed by atoms with Gasteiger partial charge >= 0.3 is 0 Å². The summed E-state index contributed by atoms with van der Waals surface area (Å²) in [6.07, 6.45) is 4.42. The summed E-state index contributed by atoms with van der Waals surface area (Å²) in [6, 6.07) is 8.70. The van der Waals surface area contributed by atoms with Gasteiger partial charge in [-0.15, -0.1) is 0 Å². The first-order chi connectivity index (χ1) is 9.69. The van der Waals surface area contributed by atoms with Gasteiger partial charge < -0.3 is 9.84 Å². The van der Waals surface area contributed by atoms with Gasteiger partial charge in [0.25, 0.3) is 0 Å². The Morgan fingerprint density at radius 3 is 2.70 bits per heavy atom. The van der Waals surface area contributed by atoms with Crippen molar-refractivity contribution in [2.24, 2.45) is 0 Å². The fraction of sp³-hybridized carbons (Fsp3) is 0.647. The van der Waals surface area contributed by atoms with Crippen LogP contribution in [0.4, 0.5) is 0 Å². The normalized spacial score (nSPS) is 21.6. The number of β-amino-alcohol motifs (C(OH)–C–C–N with tert-alkyl or cyclic N) is 1. The molecule has 3 nitrogen and oxygen atoms in total. The van der Waals surface area contributed by atoms with E-state index >= 15 is 0 Å². The molecule has 1 saturated heterocycles. The van der Waals surface area contributed by atoms with Crippen molar-refractivity contribution >= 4 is 0 Å². The summed E-state index contributed by atoms with van der Waals surface area (Å²) >= 11 is 0. The van der Waals surface area contributed by atoms with E-state index in [1.165, 1.54) is 24.8 Å². The van der Waals surface area contributed by atoms with Crippen LogP contribution < -0.4 is 4.74 Å². The van der Waals surface area contributed by atoms with E-state index in [0.717, 1.165) is 18.7 Å². The molecule has 3 heteroatoms. The molecule has 0 bridgehead atoms. The maximum absolute atomic E-state index is 10.1. The summed E-state index contributed by atoms with van der Waals surface area (Å²) in [5, 5.41) is 10.1. The lowest BCUT2D eigenvalue weighted by atomic mass is 10.0. The minimum absolute atomic E-state index is 0.370. The van der Waals surface area contributed by atoms with E-state index in [4.69, 9.17) is 4.74 Å². The lowest BCUT2D eigenvalue weighted by Crippen LogP contribution is -2.43. The second kappa shape index (κ2) is 7.65. The molecule has 2 atom stereocenters. The van der Waals surface area contributed by atoms with E-state index in [2.05, 4.69) is 30.9 Å². The molecule has 0 aromatic heterocycles. The molecule has 1 heterocycles. The third-order valence-electron chi connectivity index (χ3n) is 4.16. The van der Waals surface area contributed by atoms with E-state index in [-0.39, 0.29) is 0 Å². The third-order valence-corrected chi connectivity index (χ3v) is 4.16. The second-order valence-corrected chi connectivity index (χ2v) is 5.80. The summed E-state index contributed by atoms with van der Waals surface area (Å²) in [6.45, 7) is 6.57.